The van der Waals surface area contributed by atoms with Crippen LogP contribution in [0.3, 0.4) is 0 Å². The van der Waals surface area contributed by atoms with Gasteiger partial charge < -0.3 is 9.88 Å². The van der Waals surface area contributed by atoms with Gasteiger partial charge >= 0.3 is 0 Å². The molecule has 0 saturated heterocycles. The monoisotopic (exact) mass is 437 g/mol. The Morgan fingerprint density at radius 1 is 1.06 bits per heavy atom. The number of carbonyl (C=O) groups excluding carboxylic acids is 2. The molecule has 7 heteroatoms. The molecule has 0 radical (unpaired) electrons. The number of aromatic nitrogens is 1. The average Bonchev–Trinajstić information content (AvgIpc) is 3.14. The lowest BCUT2D eigenvalue weighted by atomic mass is 9.91. The van der Waals surface area contributed by atoms with E-state index < -0.39 is 23.1 Å². The molecule has 2 aliphatic rings. The minimum Gasteiger partial charge on any atom is -0.351 e. The van der Waals surface area contributed by atoms with Crippen LogP contribution in [0.2, 0.25) is 0 Å². The van der Waals surface area contributed by atoms with Crippen molar-refractivity contribution >= 4 is 28.4 Å². The smallest absolute Gasteiger partial charge is 0.276 e. The van der Waals surface area contributed by atoms with Gasteiger partial charge in [-0.1, -0.05) is 37.5 Å². The van der Waals surface area contributed by atoms with Crippen LogP contribution in [0.4, 0.5) is 14.5 Å². The summed E-state index contributed by atoms with van der Waals surface area (Å²) in [5.41, 5.74) is -0.277. The molecule has 2 amide bonds. The van der Waals surface area contributed by atoms with Crippen molar-refractivity contribution in [2.24, 2.45) is 0 Å². The number of anilines is 1. The third-order valence-electron chi connectivity index (χ3n) is 6.77. The first-order chi connectivity index (χ1) is 15.4. The number of hydrogen-bond donors (Lipinski definition) is 1. The van der Waals surface area contributed by atoms with Gasteiger partial charge in [-0.05, 0) is 44.0 Å². The van der Waals surface area contributed by atoms with Crippen molar-refractivity contribution in [2.75, 3.05) is 4.90 Å². The summed E-state index contributed by atoms with van der Waals surface area (Å²) in [6, 6.07) is 12.4. The number of para-hydroxylation sites is 1. The number of nitrogens with one attached hydrogen (secondary N) is 1. The van der Waals surface area contributed by atoms with E-state index in [1.807, 2.05) is 28.8 Å². The molecule has 1 fully saturated rings. The summed E-state index contributed by atoms with van der Waals surface area (Å²) in [7, 11) is 0. The molecule has 3 aromatic rings. The summed E-state index contributed by atoms with van der Waals surface area (Å²) in [4.78, 5) is 28.6. The highest BCUT2D eigenvalue weighted by Gasteiger charge is 2.49. The lowest BCUT2D eigenvalue weighted by Gasteiger charge is -2.44. The first kappa shape index (κ1) is 20.7. The van der Waals surface area contributed by atoms with Crippen LogP contribution < -0.4 is 10.2 Å². The maximum Gasteiger partial charge on any atom is 0.276 e. The van der Waals surface area contributed by atoms with Gasteiger partial charge in [-0.2, -0.15) is 0 Å². The lowest BCUT2D eigenvalue weighted by Crippen LogP contribution is -2.65. The summed E-state index contributed by atoms with van der Waals surface area (Å²) in [5.74, 6) is -2.43. The van der Waals surface area contributed by atoms with Crippen molar-refractivity contribution in [3.8, 4) is 0 Å². The fourth-order valence-electron chi connectivity index (χ4n) is 5.07. The highest BCUT2D eigenvalue weighted by molar-refractivity contribution is 6.14. The van der Waals surface area contributed by atoms with Gasteiger partial charge in [0.15, 0.2) is 0 Å². The van der Waals surface area contributed by atoms with Crippen LogP contribution in [-0.2, 0) is 11.3 Å². The molecule has 1 aliphatic carbocycles. The van der Waals surface area contributed by atoms with E-state index in [9.17, 15) is 18.4 Å². The van der Waals surface area contributed by atoms with Crippen LogP contribution in [0.1, 0.15) is 49.5 Å². The number of halogens is 2. The Labute approximate surface area is 185 Å². The van der Waals surface area contributed by atoms with Gasteiger partial charge in [0.2, 0.25) is 5.91 Å². The minimum absolute atomic E-state index is 0.0332. The number of fused-ring (bicyclic) bond motifs is 3. The molecule has 0 bridgehead atoms. The predicted molar refractivity (Wildman–Crippen MR) is 119 cm³/mol. The number of nitrogens with zero attached hydrogens (tertiary/aromatic N) is 2. The van der Waals surface area contributed by atoms with E-state index in [0.29, 0.717) is 5.69 Å². The Balaban J connectivity index is 1.63. The van der Waals surface area contributed by atoms with Crippen LogP contribution >= 0.6 is 0 Å². The molecule has 1 aliphatic heterocycles. The lowest BCUT2D eigenvalue weighted by molar-refractivity contribution is -0.127. The topological polar surface area (TPSA) is 54.3 Å². The van der Waals surface area contributed by atoms with E-state index >= 15 is 0 Å². The van der Waals surface area contributed by atoms with E-state index in [4.69, 9.17) is 0 Å². The number of hydrogen-bond acceptors (Lipinski definition) is 2. The molecule has 1 atom stereocenters. The van der Waals surface area contributed by atoms with E-state index in [0.717, 1.165) is 55.1 Å². The van der Waals surface area contributed by atoms with Crippen LogP contribution in [0, 0.1) is 11.6 Å². The van der Waals surface area contributed by atoms with E-state index in [2.05, 4.69) is 5.32 Å². The van der Waals surface area contributed by atoms with Gasteiger partial charge in [-0.15, -0.1) is 0 Å². The van der Waals surface area contributed by atoms with Gasteiger partial charge in [0.05, 0.1) is 12.2 Å². The highest BCUT2D eigenvalue weighted by atomic mass is 19.1. The Morgan fingerprint density at radius 2 is 1.81 bits per heavy atom. The Bertz CT molecular complexity index is 1220. The molecule has 0 unspecified atom stereocenters. The average molecular weight is 437 g/mol. The molecular formula is C25H25F2N3O2. The fourth-order valence-corrected chi connectivity index (χ4v) is 5.07. The molecule has 1 saturated carbocycles. The summed E-state index contributed by atoms with van der Waals surface area (Å²) in [6.45, 7) is 1.82. The summed E-state index contributed by atoms with van der Waals surface area (Å²) in [6.07, 6.45) is 5.01. The normalized spacial score (nSPS) is 21.6. The standard InChI is InChI=1S/C25H25F2N3O2/c1-25(24(32)28-18-8-3-2-4-9-18)15-29-20-10-6-5-7-16(20)13-22(29)23(31)30(25)21-12-11-17(26)14-19(21)27/h5-7,10-14,18H,2-4,8-9,15H2,1H3,(H,28,32)/t25-/m1/s1. The predicted octanol–water partition coefficient (Wildman–Crippen LogP) is 4.79. The van der Waals surface area contributed by atoms with Crippen LogP contribution in [0.15, 0.2) is 48.5 Å². The van der Waals surface area contributed by atoms with Gasteiger partial charge in [0.25, 0.3) is 5.91 Å². The quantitative estimate of drug-likeness (QED) is 0.641. The maximum absolute atomic E-state index is 14.9. The maximum atomic E-state index is 14.9. The van der Waals surface area contributed by atoms with Crippen LogP contribution in [-0.4, -0.2) is 28.0 Å². The van der Waals surface area contributed by atoms with Gasteiger partial charge in [-0.25, -0.2) is 8.78 Å². The molecule has 1 aromatic heterocycles. The number of amides is 2. The molecule has 32 heavy (non-hydrogen) atoms. The van der Waals surface area contributed by atoms with Crippen molar-refractivity contribution in [3.63, 3.8) is 0 Å². The Hall–Kier alpha value is -3.22. The van der Waals surface area contributed by atoms with Crippen LogP contribution in [0.5, 0.6) is 0 Å². The Kier molecular flexibility index (Phi) is 4.99. The molecule has 166 valence electrons. The zero-order valence-electron chi connectivity index (χ0n) is 17.9. The second-order valence-electron chi connectivity index (χ2n) is 8.99. The first-order valence-corrected chi connectivity index (χ1v) is 11.1. The number of benzene rings is 2. The van der Waals surface area contributed by atoms with Crippen molar-refractivity contribution < 1.29 is 18.4 Å². The van der Waals surface area contributed by atoms with E-state index in [1.54, 1.807) is 13.0 Å². The van der Waals surface area contributed by atoms with Gasteiger partial charge in [-0.3, -0.25) is 14.5 Å². The van der Waals surface area contributed by atoms with Crippen LogP contribution in [0.25, 0.3) is 10.9 Å². The molecule has 5 rings (SSSR count). The van der Waals surface area contributed by atoms with Gasteiger partial charge in [0.1, 0.15) is 22.9 Å². The first-order valence-electron chi connectivity index (χ1n) is 11.1. The van der Waals surface area contributed by atoms with E-state index in [1.165, 1.54) is 11.0 Å². The molecule has 0 spiro atoms. The van der Waals surface area contributed by atoms with Crippen molar-refractivity contribution in [1.82, 2.24) is 9.88 Å². The van der Waals surface area contributed by atoms with Crippen molar-refractivity contribution in [2.45, 2.75) is 57.2 Å². The highest BCUT2D eigenvalue weighted by Crippen LogP contribution is 2.37. The zero-order valence-corrected chi connectivity index (χ0v) is 17.9. The molecule has 2 heterocycles. The van der Waals surface area contributed by atoms with Gasteiger partial charge in [0, 0.05) is 23.0 Å². The molecule has 1 N–H and O–H groups in total. The summed E-state index contributed by atoms with van der Waals surface area (Å²) in [5, 5.41) is 3.98. The summed E-state index contributed by atoms with van der Waals surface area (Å²) < 4.78 is 30.3. The second-order valence-corrected chi connectivity index (χ2v) is 8.99. The molecule has 2 aromatic carbocycles. The van der Waals surface area contributed by atoms with E-state index in [-0.39, 0.29) is 24.2 Å². The SMILES string of the molecule is C[C@]1(C(=O)NC2CCCCC2)Cn2c(cc3ccccc32)C(=O)N1c1ccc(F)cc1F. The fraction of sp³-hybridized carbons (Fsp3) is 0.360. The summed E-state index contributed by atoms with van der Waals surface area (Å²) >= 11 is 0. The van der Waals surface area contributed by atoms with Crippen molar-refractivity contribution in [1.29, 1.82) is 0 Å². The third kappa shape index (κ3) is 3.27. The number of carbonyl (C=O) groups is 2. The Morgan fingerprint density at radius 3 is 2.56 bits per heavy atom. The number of rotatable bonds is 3. The minimum atomic E-state index is -1.39. The zero-order chi connectivity index (χ0) is 22.5. The molecular weight excluding hydrogens is 412 g/mol. The third-order valence-corrected chi connectivity index (χ3v) is 6.77. The molecule has 5 nitrogen and oxygen atoms in total. The largest absolute Gasteiger partial charge is 0.351 e. The van der Waals surface area contributed by atoms with Crippen molar-refractivity contribution in [3.05, 3.63) is 65.9 Å². The second kappa shape index (κ2) is 7.73.